The third-order valence-corrected chi connectivity index (χ3v) is 1.33. The van der Waals surface area contributed by atoms with Gasteiger partial charge in [0.2, 0.25) is 0 Å². The summed E-state index contributed by atoms with van der Waals surface area (Å²) in [6.07, 6.45) is 0.0535. The normalized spacial score (nSPS) is 10.4. The molecule has 0 aromatic heterocycles. The number of halogens is 1. The first-order valence-corrected chi connectivity index (χ1v) is 3.81. The Morgan fingerprint density at radius 2 is 2.08 bits per heavy atom. The molecule has 64 valence electrons. The monoisotopic (exact) mass is 166 g/mol. The van der Waals surface area contributed by atoms with Gasteiger partial charge in [0.05, 0.1) is 6.10 Å². The van der Waals surface area contributed by atoms with Crippen LogP contribution in [0.1, 0.15) is 19.4 Å². The van der Waals surface area contributed by atoms with E-state index in [4.69, 9.17) is 11.7 Å². The minimum Gasteiger partial charge on any atom is -0.491 e. The van der Waals surface area contributed by atoms with Crippen molar-refractivity contribution >= 4 is 0 Å². The molecule has 0 saturated heterocycles. The van der Waals surface area contributed by atoms with Crippen molar-refractivity contribution in [3.8, 4) is 5.75 Å². The number of benzene rings is 1. The van der Waals surface area contributed by atoms with Crippen LogP contribution in [-0.2, 0) is 0 Å². The maximum Gasteiger partial charge on any atom is 0.123 e. The maximum absolute atomic E-state index is 12.5. The molecule has 2 radical (unpaired) electrons. The predicted molar refractivity (Wildman–Crippen MR) is 45.6 cm³/mol. The maximum atomic E-state index is 12.5. The predicted octanol–water partition coefficient (Wildman–Crippen LogP) is 2.67. The zero-order chi connectivity index (χ0) is 9.14. The summed E-state index contributed by atoms with van der Waals surface area (Å²) in [7, 11) is 0. The van der Waals surface area contributed by atoms with E-state index in [1.165, 1.54) is 18.2 Å². The summed E-state index contributed by atoms with van der Waals surface area (Å²) in [5.74, 6) is 0.190. The van der Waals surface area contributed by atoms with Crippen LogP contribution in [0.3, 0.4) is 0 Å². The zero-order valence-electron chi connectivity index (χ0n) is 7.17. The highest BCUT2D eigenvalue weighted by atomic mass is 19.1. The van der Waals surface area contributed by atoms with Gasteiger partial charge in [-0.3, -0.25) is 0 Å². The molecule has 0 spiro atoms. The summed E-state index contributed by atoms with van der Waals surface area (Å²) in [6, 6.07) is 4.11. The minimum atomic E-state index is -0.344. The average molecular weight is 166 g/mol. The van der Waals surface area contributed by atoms with Crippen LogP contribution in [0, 0.1) is 12.7 Å². The number of ether oxygens (including phenoxy) is 1. The second-order valence-electron chi connectivity index (χ2n) is 2.85. The fourth-order valence-electron chi connectivity index (χ4n) is 0.881. The molecule has 1 aromatic carbocycles. The Hall–Kier alpha value is -1.05. The molecule has 0 saturated carbocycles. The third kappa shape index (κ3) is 2.22. The first-order chi connectivity index (χ1) is 5.59. The van der Waals surface area contributed by atoms with E-state index in [0.717, 1.165) is 0 Å². The Balaban J connectivity index is 2.86. The fraction of sp³-hybridized carbons (Fsp3) is 0.300. The Morgan fingerprint density at radius 1 is 1.42 bits per heavy atom. The van der Waals surface area contributed by atoms with Crippen molar-refractivity contribution in [3.05, 3.63) is 36.5 Å². The van der Waals surface area contributed by atoms with Crippen molar-refractivity contribution in [3.63, 3.8) is 0 Å². The van der Waals surface area contributed by atoms with Crippen LogP contribution < -0.4 is 4.74 Å². The van der Waals surface area contributed by atoms with Crippen molar-refractivity contribution in [2.24, 2.45) is 0 Å². The highest BCUT2D eigenvalue weighted by Gasteiger charge is 2.02. The molecular formula is C10H11FO. The minimum absolute atomic E-state index is 0.0535. The van der Waals surface area contributed by atoms with E-state index in [1.807, 2.05) is 13.8 Å². The lowest BCUT2D eigenvalue weighted by Gasteiger charge is -2.11. The van der Waals surface area contributed by atoms with E-state index in [9.17, 15) is 4.39 Å². The van der Waals surface area contributed by atoms with Crippen LogP contribution in [0.5, 0.6) is 5.75 Å². The fourth-order valence-corrected chi connectivity index (χ4v) is 0.881. The summed E-state index contributed by atoms with van der Waals surface area (Å²) in [4.78, 5) is 0. The Kier molecular flexibility index (Phi) is 2.69. The topological polar surface area (TPSA) is 9.23 Å². The number of hydrogen-bond acceptors (Lipinski definition) is 1. The van der Waals surface area contributed by atoms with Gasteiger partial charge in [-0.05, 0) is 32.0 Å². The van der Waals surface area contributed by atoms with Gasteiger partial charge >= 0.3 is 0 Å². The van der Waals surface area contributed by atoms with E-state index < -0.39 is 0 Å². The van der Waals surface area contributed by atoms with E-state index in [2.05, 4.69) is 0 Å². The molecule has 2 heteroatoms. The van der Waals surface area contributed by atoms with E-state index >= 15 is 0 Å². The summed E-state index contributed by atoms with van der Waals surface area (Å²) in [5.41, 5.74) is 0.337. The van der Waals surface area contributed by atoms with E-state index in [1.54, 1.807) is 0 Å². The quantitative estimate of drug-likeness (QED) is 0.656. The molecule has 0 N–H and O–H groups in total. The van der Waals surface area contributed by atoms with E-state index in [-0.39, 0.29) is 11.9 Å². The first-order valence-electron chi connectivity index (χ1n) is 3.81. The highest BCUT2D eigenvalue weighted by molar-refractivity contribution is 5.36. The van der Waals surface area contributed by atoms with Crippen LogP contribution in [0.2, 0.25) is 0 Å². The smallest absolute Gasteiger partial charge is 0.123 e. The molecule has 0 bridgehead atoms. The molecule has 0 aliphatic carbocycles. The first kappa shape index (κ1) is 9.04. The summed E-state index contributed by atoms with van der Waals surface area (Å²) < 4.78 is 17.9. The van der Waals surface area contributed by atoms with Crippen LogP contribution in [-0.4, -0.2) is 6.10 Å². The van der Waals surface area contributed by atoms with Crippen molar-refractivity contribution in [1.29, 1.82) is 0 Å². The number of hydrogen-bond donors (Lipinski definition) is 0. The molecule has 1 nitrogen and oxygen atoms in total. The molecule has 0 aliphatic heterocycles. The van der Waals surface area contributed by atoms with Gasteiger partial charge in [0.15, 0.2) is 0 Å². The van der Waals surface area contributed by atoms with Gasteiger partial charge in [-0.15, -0.1) is 0 Å². The van der Waals surface area contributed by atoms with Crippen LogP contribution in [0.25, 0.3) is 0 Å². The SMILES string of the molecule is [CH]c1cc(F)ccc1OC(C)C. The summed E-state index contributed by atoms with van der Waals surface area (Å²) in [6.45, 7) is 9.29. The molecular weight excluding hydrogens is 155 g/mol. The third-order valence-electron chi connectivity index (χ3n) is 1.33. The summed E-state index contributed by atoms with van der Waals surface area (Å²) >= 11 is 0. The average Bonchev–Trinajstić information content (AvgIpc) is 1.94. The lowest BCUT2D eigenvalue weighted by molar-refractivity contribution is 0.241. The lowest BCUT2D eigenvalue weighted by Crippen LogP contribution is -2.06. The van der Waals surface area contributed by atoms with Crippen molar-refractivity contribution < 1.29 is 9.13 Å². The van der Waals surface area contributed by atoms with Crippen LogP contribution in [0.15, 0.2) is 18.2 Å². The second-order valence-corrected chi connectivity index (χ2v) is 2.85. The van der Waals surface area contributed by atoms with Gasteiger partial charge in [0.1, 0.15) is 11.6 Å². The molecule has 0 aliphatic rings. The van der Waals surface area contributed by atoms with Gasteiger partial charge in [-0.2, -0.15) is 0 Å². The van der Waals surface area contributed by atoms with E-state index in [0.29, 0.717) is 11.3 Å². The number of rotatable bonds is 2. The second kappa shape index (κ2) is 3.57. The Labute approximate surface area is 72.2 Å². The molecule has 12 heavy (non-hydrogen) atoms. The van der Waals surface area contributed by atoms with Gasteiger partial charge in [0, 0.05) is 12.5 Å². The van der Waals surface area contributed by atoms with Gasteiger partial charge in [-0.25, -0.2) is 4.39 Å². The van der Waals surface area contributed by atoms with Gasteiger partial charge in [0.25, 0.3) is 0 Å². The Bertz CT molecular complexity index is 269. The van der Waals surface area contributed by atoms with Gasteiger partial charge in [-0.1, -0.05) is 0 Å². The molecule has 0 fully saturated rings. The molecule has 0 atom stereocenters. The molecule has 1 rings (SSSR count). The molecule has 0 heterocycles. The van der Waals surface area contributed by atoms with Gasteiger partial charge < -0.3 is 4.74 Å². The Morgan fingerprint density at radius 3 is 2.58 bits per heavy atom. The van der Waals surface area contributed by atoms with Crippen molar-refractivity contribution in [2.75, 3.05) is 0 Å². The molecule has 1 aromatic rings. The standard InChI is InChI=1S/C10H11FO/c1-7(2)12-10-5-4-9(11)6-8(10)3/h3-7H,1-2H3. The molecule has 0 unspecified atom stereocenters. The van der Waals surface area contributed by atoms with Crippen LogP contribution >= 0.6 is 0 Å². The zero-order valence-corrected chi connectivity index (χ0v) is 7.17. The largest absolute Gasteiger partial charge is 0.491 e. The summed E-state index contributed by atoms with van der Waals surface area (Å²) in [5, 5.41) is 0. The lowest BCUT2D eigenvalue weighted by atomic mass is 10.2. The highest BCUT2D eigenvalue weighted by Crippen LogP contribution is 2.19. The van der Waals surface area contributed by atoms with Crippen molar-refractivity contribution in [1.82, 2.24) is 0 Å². The van der Waals surface area contributed by atoms with Crippen molar-refractivity contribution in [2.45, 2.75) is 20.0 Å². The molecule has 0 amide bonds. The van der Waals surface area contributed by atoms with Crippen LogP contribution in [0.4, 0.5) is 4.39 Å².